The van der Waals surface area contributed by atoms with Crippen molar-refractivity contribution in [3.8, 4) is 17.5 Å². The van der Waals surface area contributed by atoms with Gasteiger partial charge in [0.05, 0.1) is 37.5 Å². The van der Waals surface area contributed by atoms with Crippen LogP contribution in [0.25, 0.3) is 17.3 Å². The molecule has 0 saturated carbocycles. The van der Waals surface area contributed by atoms with Crippen LogP contribution in [0, 0.1) is 11.3 Å². The fourth-order valence-corrected chi connectivity index (χ4v) is 3.50. The summed E-state index contributed by atoms with van der Waals surface area (Å²) in [5.74, 6) is 0.698. The lowest BCUT2D eigenvalue weighted by atomic mass is 10.1. The van der Waals surface area contributed by atoms with Gasteiger partial charge in [0, 0.05) is 13.1 Å². The van der Waals surface area contributed by atoms with Crippen LogP contribution < -0.4 is 9.64 Å². The van der Waals surface area contributed by atoms with Crippen molar-refractivity contribution in [2.45, 2.75) is 6.42 Å². The highest BCUT2D eigenvalue weighted by molar-refractivity contribution is 5.88. The number of hydrogen-bond acceptors (Lipinski definition) is 7. The van der Waals surface area contributed by atoms with Crippen LogP contribution in [0.1, 0.15) is 17.8 Å². The van der Waals surface area contributed by atoms with E-state index >= 15 is 0 Å². The van der Waals surface area contributed by atoms with Gasteiger partial charge in [0.1, 0.15) is 11.8 Å². The van der Waals surface area contributed by atoms with Crippen LogP contribution in [0.2, 0.25) is 0 Å². The summed E-state index contributed by atoms with van der Waals surface area (Å²) < 4.78 is 12.9. The minimum absolute atomic E-state index is 0.0683. The van der Waals surface area contributed by atoms with Gasteiger partial charge in [-0.2, -0.15) is 5.26 Å². The van der Waals surface area contributed by atoms with Crippen molar-refractivity contribution < 1.29 is 19.4 Å². The maximum absolute atomic E-state index is 10.7. The number of aliphatic carboxylic acids is 1. The highest BCUT2D eigenvalue weighted by atomic mass is 16.5. The van der Waals surface area contributed by atoms with Gasteiger partial charge >= 0.3 is 5.97 Å². The van der Waals surface area contributed by atoms with E-state index in [1.807, 2.05) is 41.0 Å². The highest BCUT2D eigenvalue weighted by Crippen LogP contribution is 2.27. The van der Waals surface area contributed by atoms with Crippen molar-refractivity contribution in [3.05, 3.63) is 66.0 Å². The standard InChI is InChI=1S/C24H23N5O4/c25-17-19(15-18-5-4-8-21(16-18)33-12-9-22(30)31)23-26-27-24(28-10-13-32-14-11-28)29(23)20-6-2-1-3-7-20/h1-8,15-16H,9-14H2,(H,30,31)/b19-15-. The number of carboxylic acid groups (broad SMARTS) is 1. The van der Waals surface area contributed by atoms with Crippen LogP contribution in [0.3, 0.4) is 0 Å². The predicted octanol–water partition coefficient (Wildman–Crippen LogP) is 3.02. The number of para-hydroxylation sites is 1. The zero-order valence-corrected chi connectivity index (χ0v) is 17.9. The molecule has 0 atom stereocenters. The Labute approximate surface area is 191 Å². The number of aromatic nitrogens is 3. The van der Waals surface area contributed by atoms with Gasteiger partial charge in [-0.3, -0.25) is 9.36 Å². The SMILES string of the molecule is N#C/C(=C/c1cccc(OCCC(=O)O)c1)c1nnc(N2CCOCC2)n1-c1ccccc1. The molecule has 0 unspecified atom stereocenters. The van der Waals surface area contributed by atoms with Gasteiger partial charge in [-0.1, -0.05) is 30.3 Å². The topological polar surface area (TPSA) is 114 Å². The second kappa shape index (κ2) is 10.4. The maximum atomic E-state index is 10.7. The molecule has 1 saturated heterocycles. The molecule has 9 heteroatoms. The Bertz CT molecular complexity index is 1180. The van der Waals surface area contributed by atoms with Crippen LogP contribution in [0.4, 0.5) is 5.95 Å². The Balaban J connectivity index is 1.70. The summed E-state index contributed by atoms with van der Waals surface area (Å²) in [5, 5.41) is 27.5. The molecule has 0 spiro atoms. The van der Waals surface area contributed by atoms with E-state index in [1.165, 1.54) is 0 Å². The first kappa shape index (κ1) is 22.0. The molecular formula is C24H23N5O4. The summed E-state index contributed by atoms with van der Waals surface area (Å²) in [6.07, 6.45) is 1.63. The number of morpholine rings is 1. The highest BCUT2D eigenvalue weighted by Gasteiger charge is 2.23. The molecule has 1 aliphatic rings. The quantitative estimate of drug-likeness (QED) is 0.527. The maximum Gasteiger partial charge on any atom is 0.306 e. The number of nitriles is 1. The van der Waals surface area contributed by atoms with E-state index in [4.69, 9.17) is 14.6 Å². The lowest BCUT2D eigenvalue weighted by Crippen LogP contribution is -2.38. The molecule has 9 nitrogen and oxygen atoms in total. The molecule has 0 amide bonds. The molecule has 33 heavy (non-hydrogen) atoms. The van der Waals surface area contributed by atoms with E-state index < -0.39 is 5.97 Å². The van der Waals surface area contributed by atoms with Gasteiger partial charge < -0.3 is 19.5 Å². The molecule has 0 aliphatic carbocycles. The average molecular weight is 445 g/mol. The fraction of sp³-hybridized carbons (Fsp3) is 0.250. The Morgan fingerprint density at radius 3 is 2.67 bits per heavy atom. The van der Waals surface area contributed by atoms with Crippen LogP contribution in [0.15, 0.2) is 54.6 Å². The molecule has 0 bridgehead atoms. The fourth-order valence-electron chi connectivity index (χ4n) is 3.50. The van der Waals surface area contributed by atoms with Gasteiger partial charge in [-0.05, 0) is 35.9 Å². The second-order valence-corrected chi connectivity index (χ2v) is 7.33. The van der Waals surface area contributed by atoms with E-state index in [-0.39, 0.29) is 13.0 Å². The number of carboxylic acids is 1. The van der Waals surface area contributed by atoms with Gasteiger partial charge in [-0.15, -0.1) is 10.2 Å². The minimum Gasteiger partial charge on any atom is -0.493 e. The third-order valence-electron chi connectivity index (χ3n) is 5.07. The van der Waals surface area contributed by atoms with Gasteiger partial charge in [0.25, 0.3) is 0 Å². The van der Waals surface area contributed by atoms with Crippen molar-refractivity contribution in [2.24, 2.45) is 0 Å². The number of hydrogen-bond donors (Lipinski definition) is 1. The van der Waals surface area contributed by atoms with E-state index in [0.29, 0.717) is 49.4 Å². The van der Waals surface area contributed by atoms with Crippen molar-refractivity contribution in [1.29, 1.82) is 5.26 Å². The molecule has 2 heterocycles. The average Bonchev–Trinajstić information content (AvgIpc) is 3.29. The van der Waals surface area contributed by atoms with Crippen LogP contribution in [0.5, 0.6) is 5.75 Å². The van der Waals surface area contributed by atoms with Crippen LogP contribution in [-0.2, 0) is 9.53 Å². The largest absolute Gasteiger partial charge is 0.493 e. The minimum atomic E-state index is -0.922. The normalized spacial score (nSPS) is 14.0. The molecule has 168 valence electrons. The molecule has 4 rings (SSSR count). The Morgan fingerprint density at radius 1 is 1.15 bits per heavy atom. The van der Waals surface area contributed by atoms with Crippen molar-refractivity contribution in [1.82, 2.24) is 14.8 Å². The van der Waals surface area contributed by atoms with E-state index in [2.05, 4.69) is 21.2 Å². The monoisotopic (exact) mass is 445 g/mol. The lowest BCUT2D eigenvalue weighted by Gasteiger charge is -2.28. The van der Waals surface area contributed by atoms with E-state index in [9.17, 15) is 10.1 Å². The summed E-state index contributed by atoms with van der Waals surface area (Å²) >= 11 is 0. The Kier molecular flexibility index (Phi) is 6.97. The molecule has 2 aromatic carbocycles. The summed E-state index contributed by atoms with van der Waals surface area (Å²) in [7, 11) is 0. The molecule has 1 fully saturated rings. The summed E-state index contributed by atoms with van der Waals surface area (Å²) in [6.45, 7) is 2.65. The Hall–Kier alpha value is -4.16. The number of benzene rings is 2. The molecule has 1 aliphatic heterocycles. The summed E-state index contributed by atoms with van der Waals surface area (Å²) in [4.78, 5) is 12.8. The number of allylic oxidation sites excluding steroid dienone is 1. The zero-order valence-electron chi connectivity index (χ0n) is 17.9. The third-order valence-corrected chi connectivity index (χ3v) is 5.07. The van der Waals surface area contributed by atoms with E-state index in [1.54, 1.807) is 24.3 Å². The molecule has 1 N–H and O–H groups in total. The molecule has 0 radical (unpaired) electrons. The number of anilines is 1. The molecule has 3 aromatic rings. The van der Waals surface area contributed by atoms with Gasteiger partial charge in [0.15, 0.2) is 5.82 Å². The number of nitrogens with zero attached hydrogens (tertiary/aromatic N) is 5. The molecule has 1 aromatic heterocycles. The predicted molar refractivity (Wildman–Crippen MR) is 122 cm³/mol. The number of ether oxygens (including phenoxy) is 2. The second-order valence-electron chi connectivity index (χ2n) is 7.33. The Morgan fingerprint density at radius 2 is 1.94 bits per heavy atom. The smallest absolute Gasteiger partial charge is 0.306 e. The summed E-state index contributed by atoms with van der Waals surface area (Å²) in [6, 6.07) is 19.1. The first-order chi connectivity index (χ1) is 16.2. The number of carbonyl (C=O) groups is 1. The third kappa shape index (κ3) is 5.37. The summed E-state index contributed by atoms with van der Waals surface area (Å²) in [5.41, 5.74) is 1.93. The van der Waals surface area contributed by atoms with Gasteiger partial charge in [-0.25, -0.2) is 0 Å². The molecular weight excluding hydrogens is 422 g/mol. The van der Waals surface area contributed by atoms with Crippen molar-refractivity contribution in [3.63, 3.8) is 0 Å². The van der Waals surface area contributed by atoms with E-state index in [0.717, 1.165) is 11.3 Å². The van der Waals surface area contributed by atoms with Crippen LogP contribution >= 0.6 is 0 Å². The first-order valence-electron chi connectivity index (χ1n) is 10.6. The van der Waals surface area contributed by atoms with Crippen molar-refractivity contribution >= 4 is 23.6 Å². The van der Waals surface area contributed by atoms with Crippen molar-refractivity contribution in [2.75, 3.05) is 37.8 Å². The number of rotatable bonds is 8. The van der Waals surface area contributed by atoms with Gasteiger partial charge in [0.2, 0.25) is 5.95 Å². The zero-order chi connectivity index (χ0) is 23.0. The first-order valence-corrected chi connectivity index (χ1v) is 10.6. The van der Waals surface area contributed by atoms with Crippen LogP contribution in [-0.4, -0.2) is 58.8 Å². The lowest BCUT2D eigenvalue weighted by molar-refractivity contribution is -0.137.